The number of aryl methyl sites for hydroxylation is 2. The fourth-order valence-electron chi connectivity index (χ4n) is 1.87. The Morgan fingerprint density at radius 3 is 3.06 bits per heavy atom. The minimum Gasteiger partial charge on any atom is -0.410 e. The van der Waals surface area contributed by atoms with Crippen molar-refractivity contribution in [2.75, 3.05) is 6.54 Å². The predicted octanol–water partition coefficient (Wildman–Crippen LogP) is 1.79. The number of ether oxygens (including phenoxy) is 1. The molecule has 0 spiro atoms. The highest BCUT2D eigenvalue weighted by Gasteiger charge is 2.12. The molecule has 0 saturated carbocycles. The molecule has 0 unspecified atom stereocenters. The molecule has 4 heteroatoms. The molecule has 1 amide bonds. The van der Waals surface area contributed by atoms with E-state index in [4.69, 9.17) is 10.00 Å². The van der Waals surface area contributed by atoms with Crippen LogP contribution in [0.25, 0.3) is 0 Å². The number of nitriles is 1. The fraction of sp³-hybridized carbons (Fsp3) is 0.333. The summed E-state index contributed by atoms with van der Waals surface area (Å²) < 4.78 is 5.04. The highest BCUT2D eigenvalue weighted by atomic mass is 16.5. The van der Waals surface area contributed by atoms with Gasteiger partial charge >= 0.3 is 6.09 Å². The molecular weight excluding hydrogens is 204 g/mol. The first kappa shape index (κ1) is 10.5. The van der Waals surface area contributed by atoms with Gasteiger partial charge in [-0.05, 0) is 42.5 Å². The molecular formula is C12H12N2O2. The van der Waals surface area contributed by atoms with Gasteiger partial charge in [-0.3, -0.25) is 0 Å². The van der Waals surface area contributed by atoms with Crippen LogP contribution in [0.3, 0.4) is 0 Å². The third kappa shape index (κ3) is 2.31. The van der Waals surface area contributed by atoms with Gasteiger partial charge in [0.25, 0.3) is 0 Å². The lowest BCUT2D eigenvalue weighted by Gasteiger charge is -2.06. The van der Waals surface area contributed by atoms with Gasteiger partial charge in [0, 0.05) is 0 Å². The van der Waals surface area contributed by atoms with Gasteiger partial charge in [0.2, 0.25) is 0 Å². The molecule has 0 radical (unpaired) electrons. The summed E-state index contributed by atoms with van der Waals surface area (Å²) >= 11 is 0. The number of hydrogen-bond acceptors (Lipinski definition) is 3. The van der Waals surface area contributed by atoms with Crippen molar-refractivity contribution in [3.63, 3.8) is 0 Å². The Kier molecular flexibility index (Phi) is 3.06. The number of amides is 1. The van der Waals surface area contributed by atoms with Crippen molar-refractivity contribution in [2.24, 2.45) is 0 Å². The number of carbonyl (C=O) groups excluding carboxylic acids is 1. The summed E-state index contributed by atoms with van der Waals surface area (Å²) in [5.74, 6) is 0.538. The quantitative estimate of drug-likeness (QED) is 0.766. The van der Waals surface area contributed by atoms with Crippen LogP contribution < -0.4 is 10.1 Å². The molecule has 0 saturated heterocycles. The fourth-order valence-corrected chi connectivity index (χ4v) is 1.87. The third-order valence-corrected chi connectivity index (χ3v) is 2.59. The Balaban J connectivity index is 2.00. The van der Waals surface area contributed by atoms with Gasteiger partial charge in [-0.25, -0.2) is 4.79 Å². The van der Waals surface area contributed by atoms with Gasteiger partial charge in [-0.1, -0.05) is 6.07 Å². The van der Waals surface area contributed by atoms with E-state index in [1.54, 1.807) is 6.07 Å². The number of fused-ring (bicyclic) bond motifs is 1. The van der Waals surface area contributed by atoms with Crippen LogP contribution in [0.4, 0.5) is 4.79 Å². The van der Waals surface area contributed by atoms with E-state index in [2.05, 4.69) is 5.32 Å². The standard InChI is InChI=1S/C12H12N2O2/c13-6-7-14-12(15)16-11-5-4-9-2-1-3-10(9)8-11/h4-5,8H,1-3,7H2,(H,14,15). The van der Waals surface area contributed by atoms with Gasteiger partial charge in [0.05, 0.1) is 6.07 Å². The van der Waals surface area contributed by atoms with Gasteiger partial charge in [-0.2, -0.15) is 5.26 Å². The Labute approximate surface area is 93.8 Å². The molecule has 82 valence electrons. The lowest BCUT2D eigenvalue weighted by Crippen LogP contribution is -2.26. The summed E-state index contributed by atoms with van der Waals surface area (Å²) in [6.45, 7) is -0.0379. The van der Waals surface area contributed by atoms with Crippen molar-refractivity contribution in [2.45, 2.75) is 19.3 Å². The smallest absolute Gasteiger partial charge is 0.410 e. The van der Waals surface area contributed by atoms with Crippen molar-refractivity contribution in [3.05, 3.63) is 29.3 Å². The minimum atomic E-state index is -0.584. The molecule has 0 atom stereocenters. The second-order valence-electron chi connectivity index (χ2n) is 3.69. The van der Waals surface area contributed by atoms with Crippen LogP contribution in [-0.2, 0) is 12.8 Å². The van der Waals surface area contributed by atoms with E-state index in [1.165, 1.54) is 17.5 Å². The first-order valence-corrected chi connectivity index (χ1v) is 5.24. The van der Waals surface area contributed by atoms with Crippen molar-refractivity contribution in [1.82, 2.24) is 5.32 Å². The van der Waals surface area contributed by atoms with E-state index in [-0.39, 0.29) is 6.54 Å². The molecule has 16 heavy (non-hydrogen) atoms. The van der Waals surface area contributed by atoms with Crippen LogP contribution in [0.1, 0.15) is 17.5 Å². The number of nitrogens with zero attached hydrogens (tertiary/aromatic N) is 1. The normalized spacial score (nSPS) is 12.7. The molecule has 1 aromatic carbocycles. The summed E-state index contributed by atoms with van der Waals surface area (Å²) in [4.78, 5) is 11.2. The summed E-state index contributed by atoms with van der Waals surface area (Å²) in [7, 11) is 0. The maximum Gasteiger partial charge on any atom is 0.413 e. The lowest BCUT2D eigenvalue weighted by molar-refractivity contribution is 0.202. The van der Waals surface area contributed by atoms with Crippen molar-refractivity contribution in [1.29, 1.82) is 5.26 Å². The lowest BCUT2D eigenvalue weighted by atomic mass is 10.1. The van der Waals surface area contributed by atoms with E-state index in [0.717, 1.165) is 12.8 Å². The second kappa shape index (κ2) is 4.67. The molecule has 0 bridgehead atoms. The van der Waals surface area contributed by atoms with E-state index in [1.807, 2.05) is 18.2 Å². The first-order valence-electron chi connectivity index (χ1n) is 5.24. The molecule has 1 aliphatic carbocycles. The second-order valence-corrected chi connectivity index (χ2v) is 3.69. The molecule has 0 aromatic heterocycles. The van der Waals surface area contributed by atoms with E-state index in [9.17, 15) is 4.79 Å². The van der Waals surface area contributed by atoms with Crippen LogP contribution in [0.2, 0.25) is 0 Å². The van der Waals surface area contributed by atoms with Gasteiger partial charge in [0.1, 0.15) is 12.3 Å². The monoisotopic (exact) mass is 216 g/mol. The molecule has 1 aliphatic rings. The average molecular weight is 216 g/mol. The topological polar surface area (TPSA) is 62.1 Å². The summed E-state index contributed by atoms with van der Waals surface area (Å²) in [6.07, 6.45) is 2.74. The zero-order valence-corrected chi connectivity index (χ0v) is 8.82. The molecule has 2 rings (SSSR count). The predicted molar refractivity (Wildman–Crippen MR) is 58.1 cm³/mol. The molecule has 4 nitrogen and oxygen atoms in total. The number of nitrogens with one attached hydrogen (secondary N) is 1. The van der Waals surface area contributed by atoms with Crippen molar-refractivity contribution < 1.29 is 9.53 Å². The Hall–Kier alpha value is -2.02. The van der Waals surface area contributed by atoms with Crippen molar-refractivity contribution >= 4 is 6.09 Å². The maximum absolute atomic E-state index is 11.2. The largest absolute Gasteiger partial charge is 0.413 e. The Morgan fingerprint density at radius 2 is 2.25 bits per heavy atom. The van der Waals surface area contributed by atoms with Crippen LogP contribution >= 0.6 is 0 Å². The number of carbonyl (C=O) groups is 1. The number of rotatable bonds is 2. The molecule has 1 aromatic rings. The van der Waals surface area contributed by atoms with E-state index < -0.39 is 6.09 Å². The number of benzene rings is 1. The zero-order chi connectivity index (χ0) is 11.4. The number of hydrogen-bond donors (Lipinski definition) is 1. The zero-order valence-electron chi connectivity index (χ0n) is 8.82. The maximum atomic E-state index is 11.2. The molecule has 0 fully saturated rings. The van der Waals surface area contributed by atoms with E-state index >= 15 is 0 Å². The third-order valence-electron chi connectivity index (χ3n) is 2.59. The SMILES string of the molecule is N#CCNC(=O)Oc1ccc2c(c1)CCC2. The van der Waals surface area contributed by atoms with Crippen LogP contribution in [-0.4, -0.2) is 12.6 Å². The average Bonchev–Trinajstić information content (AvgIpc) is 2.73. The Morgan fingerprint density at radius 1 is 1.44 bits per heavy atom. The molecule has 0 aliphatic heterocycles. The molecule has 0 heterocycles. The van der Waals surface area contributed by atoms with Crippen LogP contribution in [0.5, 0.6) is 5.75 Å². The minimum absolute atomic E-state index is 0.0379. The van der Waals surface area contributed by atoms with E-state index in [0.29, 0.717) is 5.75 Å². The highest BCUT2D eigenvalue weighted by molar-refractivity contribution is 5.70. The Bertz CT molecular complexity index is 449. The highest BCUT2D eigenvalue weighted by Crippen LogP contribution is 2.25. The first-order chi connectivity index (χ1) is 7.79. The molecule has 1 N–H and O–H groups in total. The van der Waals surface area contributed by atoms with Crippen molar-refractivity contribution in [3.8, 4) is 11.8 Å². The van der Waals surface area contributed by atoms with Crippen LogP contribution in [0, 0.1) is 11.3 Å². The van der Waals surface area contributed by atoms with Gasteiger partial charge in [-0.15, -0.1) is 0 Å². The van der Waals surface area contributed by atoms with Crippen LogP contribution in [0.15, 0.2) is 18.2 Å². The van der Waals surface area contributed by atoms with Gasteiger partial charge in [0.15, 0.2) is 0 Å². The summed E-state index contributed by atoms with van der Waals surface area (Å²) in [5, 5.41) is 10.6. The summed E-state index contributed by atoms with van der Waals surface area (Å²) in [6, 6.07) is 7.49. The summed E-state index contributed by atoms with van der Waals surface area (Å²) in [5.41, 5.74) is 2.59. The van der Waals surface area contributed by atoms with Gasteiger partial charge < -0.3 is 10.1 Å².